The number of aliphatic hydroxyl groups excluding tert-OH is 2. The molecular formula is C10H20N2O3. The second-order valence-corrected chi connectivity index (χ2v) is 4.10. The monoisotopic (exact) mass is 216 g/mol. The Balaban J connectivity index is 2.45. The van der Waals surface area contributed by atoms with Crippen molar-refractivity contribution in [3.8, 4) is 0 Å². The van der Waals surface area contributed by atoms with Crippen molar-refractivity contribution >= 4 is 5.91 Å². The normalized spacial score (nSPS) is 25.9. The van der Waals surface area contributed by atoms with Gasteiger partial charge >= 0.3 is 0 Å². The van der Waals surface area contributed by atoms with Gasteiger partial charge in [-0.2, -0.15) is 0 Å². The van der Waals surface area contributed by atoms with E-state index in [2.05, 4.69) is 5.32 Å². The zero-order valence-corrected chi connectivity index (χ0v) is 8.85. The average Bonchev–Trinajstić information content (AvgIpc) is 2.73. The second-order valence-electron chi connectivity index (χ2n) is 4.10. The van der Waals surface area contributed by atoms with Crippen LogP contribution in [0.4, 0.5) is 0 Å². The van der Waals surface area contributed by atoms with Gasteiger partial charge in [0.15, 0.2) is 0 Å². The van der Waals surface area contributed by atoms with Gasteiger partial charge < -0.3 is 21.3 Å². The molecule has 1 amide bonds. The predicted octanol–water partition coefficient (Wildman–Crippen LogP) is -1.17. The van der Waals surface area contributed by atoms with Gasteiger partial charge in [0.05, 0.1) is 19.3 Å². The SMILES string of the molecule is NCC1CCCC1C(=O)NC(CO)CO. The first-order valence-electron chi connectivity index (χ1n) is 5.45. The molecule has 0 bridgehead atoms. The first-order chi connectivity index (χ1) is 7.22. The Labute approximate surface area is 89.7 Å². The molecule has 0 aromatic rings. The Morgan fingerprint density at radius 1 is 1.40 bits per heavy atom. The second kappa shape index (κ2) is 6.05. The summed E-state index contributed by atoms with van der Waals surface area (Å²) in [6.07, 6.45) is 2.89. The third-order valence-corrected chi connectivity index (χ3v) is 3.09. The maximum atomic E-state index is 11.8. The highest BCUT2D eigenvalue weighted by Gasteiger charge is 2.32. The maximum absolute atomic E-state index is 11.8. The van der Waals surface area contributed by atoms with Crippen molar-refractivity contribution in [2.24, 2.45) is 17.6 Å². The number of carbonyl (C=O) groups is 1. The molecule has 2 unspecified atom stereocenters. The van der Waals surface area contributed by atoms with Gasteiger partial charge in [0, 0.05) is 5.92 Å². The number of rotatable bonds is 5. The first kappa shape index (κ1) is 12.4. The summed E-state index contributed by atoms with van der Waals surface area (Å²) < 4.78 is 0. The summed E-state index contributed by atoms with van der Waals surface area (Å²) in [5, 5.41) is 20.3. The molecule has 0 saturated heterocycles. The fourth-order valence-electron chi connectivity index (χ4n) is 2.12. The summed E-state index contributed by atoms with van der Waals surface area (Å²) >= 11 is 0. The van der Waals surface area contributed by atoms with Gasteiger partial charge in [0.25, 0.3) is 0 Å². The number of hydrogen-bond donors (Lipinski definition) is 4. The lowest BCUT2D eigenvalue weighted by molar-refractivity contribution is -0.127. The lowest BCUT2D eigenvalue weighted by atomic mass is 9.95. The summed E-state index contributed by atoms with van der Waals surface area (Å²) in [5.74, 6) is 0.120. The summed E-state index contributed by atoms with van der Waals surface area (Å²) in [5.41, 5.74) is 5.58. The molecular weight excluding hydrogens is 196 g/mol. The van der Waals surface area contributed by atoms with E-state index in [1.807, 2.05) is 0 Å². The summed E-state index contributed by atoms with van der Waals surface area (Å²) in [6.45, 7) is 0.0610. The molecule has 2 atom stereocenters. The van der Waals surface area contributed by atoms with Gasteiger partial charge in [0.1, 0.15) is 0 Å². The Kier molecular flexibility index (Phi) is 5.01. The van der Waals surface area contributed by atoms with Gasteiger partial charge in [-0.3, -0.25) is 4.79 Å². The fraction of sp³-hybridized carbons (Fsp3) is 0.900. The molecule has 0 aromatic heterocycles. The van der Waals surface area contributed by atoms with Crippen LogP contribution in [0.5, 0.6) is 0 Å². The van der Waals surface area contributed by atoms with E-state index in [4.69, 9.17) is 15.9 Å². The summed E-state index contributed by atoms with van der Waals surface area (Å²) in [4.78, 5) is 11.8. The van der Waals surface area contributed by atoms with Crippen molar-refractivity contribution in [2.75, 3.05) is 19.8 Å². The van der Waals surface area contributed by atoms with E-state index in [1.165, 1.54) is 0 Å². The van der Waals surface area contributed by atoms with Crippen LogP contribution >= 0.6 is 0 Å². The molecule has 88 valence electrons. The highest BCUT2D eigenvalue weighted by molar-refractivity contribution is 5.79. The quantitative estimate of drug-likeness (QED) is 0.466. The topological polar surface area (TPSA) is 95.6 Å². The third-order valence-electron chi connectivity index (χ3n) is 3.09. The standard InChI is InChI=1S/C10H20N2O3/c11-4-7-2-1-3-9(7)10(15)12-8(5-13)6-14/h7-9,13-14H,1-6,11H2,(H,12,15). The molecule has 1 fully saturated rings. The van der Waals surface area contributed by atoms with E-state index in [0.717, 1.165) is 19.3 Å². The zero-order chi connectivity index (χ0) is 11.3. The van der Waals surface area contributed by atoms with Crippen LogP contribution in [0.3, 0.4) is 0 Å². The number of hydrogen-bond acceptors (Lipinski definition) is 4. The molecule has 5 N–H and O–H groups in total. The highest BCUT2D eigenvalue weighted by atomic mass is 16.3. The van der Waals surface area contributed by atoms with E-state index >= 15 is 0 Å². The molecule has 0 spiro atoms. The molecule has 0 aromatic carbocycles. The van der Waals surface area contributed by atoms with Gasteiger partial charge in [-0.25, -0.2) is 0 Å². The van der Waals surface area contributed by atoms with Crippen molar-refractivity contribution < 1.29 is 15.0 Å². The molecule has 15 heavy (non-hydrogen) atoms. The van der Waals surface area contributed by atoms with Crippen LogP contribution in [0, 0.1) is 11.8 Å². The molecule has 1 aliphatic carbocycles. The fourth-order valence-corrected chi connectivity index (χ4v) is 2.12. The third kappa shape index (κ3) is 3.15. The average molecular weight is 216 g/mol. The van der Waals surface area contributed by atoms with E-state index in [-0.39, 0.29) is 31.0 Å². The number of carbonyl (C=O) groups excluding carboxylic acids is 1. The van der Waals surface area contributed by atoms with Gasteiger partial charge in [-0.15, -0.1) is 0 Å². The molecule has 1 saturated carbocycles. The molecule has 0 heterocycles. The number of aliphatic hydroxyl groups is 2. The zero-order valence-electron chi connectivity index (χ0n) is 8.85. The van der Waals surface area contributed by atoms with Crippen LogP contribution in [0.25, 0.3) is 0 Å². The Morgan fingerprint density at radius 2 is 2.07 bits per heavy atom. The Hall–Kier alpha value is -0.650. The molecule has 1 rings (SSSR count). The van der Waals surface area contributed by atoms with Crippen LogP contribution in [0.15, 0.2) is 0 Å². The lowest BCUT2D eigenvalue weighted by Gasteiger charge is -2.20. The van der Waals surface area contributed by atoms with Gasteiger partial charge in [0.2, 0.25) is 5.91 Å². The molecule has 0 aliphatic heterocycles. The van der Waals surface area contributed by atoms with E-state index in [0.29, 0.717) is 6.54 Å². The van der Waals surface area contributed by atoms with Crippen molar-refractivity contribution in [3.05, 3.63) is 0 Å². The number of amides is 1. The molecule has 5 heteroatoms. The first-order valence-corrected chi connectivity index (χ1v) is 5.45. The Morgan fingerprint density at radius 3 is 2.60 bits per heavy atom. The van der Waals surface area contributed by atoms with Crippen LogP contribution in [0.2, 0.25) is 0 Å². The van der Waals surface area contributed by atoms with Crippen molar-refractivity contribution in [1.29, 1.82) is 0 Å². The van der Waals surface area contributed by atoms with Crippen LogP contribution < -0.4 is 11.1 Å². The van der Waals surface area contributed by atoms with Gasteiger partial charge in [-0.05, 0) is 25.3 Å². The maximum Gasteiger partial charge on any atom is 0.223 e. The molecule has 5 nitrogen and oxygen atoms in total. The van der Waals surface area contributed by atoms with Crippen LogP contribution in [-0.2, 0) is 4.79 Å². The predicted molar refractivity (Wildman–Crippen MR) is 56.0 cm³/mol. The van der Waals surface area contributed by atoms with Crippen molar-refractivity contribution in [1.82, 2.24) is 5.32 Å². The van der Waals surface area contributed by atoms with Crippen LogP contribution in [0.1, 0.15) is 19.3 Å². The minimum atomic E-state index is -0.545. The van der Waals surface area contributed by atoms with E-state index in [1.54, 1.807) is 0 Å². The smallest absolute Gasteiger partial charge is 0.223 e. The van der Waals surface area contributed by atoms with E-state index < -0.39 is 6.04 Å². The lowest BCUT2D eigenvalue weighted by Crippen LogP contribution is -2.44. The number of nitrogens with two attached hydrogens (primary N) is 1. The largest absolute Gasteiger partial charge is 0.394 e. The van der Waals surface area contributed by atoms with Crippen molar-refractivity contribution in [3.63, 3.8) is 0 Å². The van der Waals surface area contributed by atoms with Crippen LogP contribution in [-0.4, -0.2) is 41.9 Å². The highest BCUT2D eigenvalue weighted by Crippen LogP contribution is 2.30. The summed E-state index contributed by atoms with van der Waals surface area (Å²) in [6, 6.07) is -0.545. The minimum absolute atomic E-state index is 0.0457. The van der Waals surface area contributed by atoms with Gasteiger partial charge in [-0.1, -0.05) is 6.42 Å². The summed E-state index contributed by atoms with van der Waals surface area (Å²) in [7, 11) is 0. The molecule has 0 radical (unpaired) electrons. The minimum Gasteiger partial charge on any atom is -0.394 e. The molecule has 1 aliphatic rings. The number of nitrogens with one attached hydrogen (secondary N) is 1. The van der Waals surface area contributed by atoms with Crippen molar-refractivity contribution in [2.45, 2.75) is 25.3 Å². The Bertz CT molecular complexity index is 207. The van der Waals surface area contributed by atoms with E-state index in [9.17, 15) is 4.79 Å².